The summed E-state index contributed by atoms with van der Waals surface area (Å²) in [6, 6.07) is 9.80. The highest BCUT2D eigenvalue weighted by Gasteiger charge is 1.98. The van der Waals surface area contributed by atoms with Crippen LogP contribution in [0.15, 0.2) is 61.5 Å². The number of hydrogen-bond acceptors (Lipinski definition) is 2. The first kappa shape index (κ1) is 12.8. The van der Waals surface area contributed by atoms with E-state index in [0.717, 1.165) is 11.3 Å². The molecule has 19 heavy (non-hydrogen) atoms. The Hall–Kier alpha value is -2.62. The lowest BCUT2D eigenvalue weighted by atomic mass is 10.3. The zero-order valence-corrected chi connectivity index (χ0v) is 10.5. The highest BCUT2D eigenvalue weighted by molar-refractivity contribution is 5.91. The van der Waals surface area contributed by atoms with E-state index in [2.05, 4.69) is 17.0 Å². The Morgan fingerprint density at radius 3 is 2.89 bits per heavy atom. The van der Waals surface area contributed by atoms with Crippen molar-refractivity contribution in [2.45, 2.75) is 0 Å². The molecular weight excluding hydrogens is 238 g/mol. The van der Waals surface area contributed by atoms with Crippen LogP contribution >= 0.6 is 0 Å². The molecule has 0 saturated carbocycles. The van der Waals surface area contributed by atoms with Crippen molar-refractivity contribution in [3.8, 4) is 5.69 Å². The molecular formula is C15H15N3O. The topological polar surface area (TPSA) is 46.9 Å². The van der Waals surface area contributed by atoms with Crippen molar-refractivity contribution in [3.63, 3.8) is 0 Å². The summed E-state index contributed by atoms with van der Waals surface area (Å²) in [4.78, 5) is 11.4. The molecule has 96 valence electrons. The van der Waals surface area contributed by atoms with Gasteiger partial charge in [0.15, 0.2) is 0 Å². The second-order valence-corrected chi connectivity index (χ2v) is 3.92. The van der Waals surface area contributed by atoms with Crippen LogP contribution in [0.3, 0.4) is 0 Å². The van der Waals surface area contributed by atoms with Crippen LogP contribution < -0.4 is 5.32 Å². The van der Waals surface area contributed by atoms with E-state index >= 15 is 0 Å². The van der Waals surface area contributed by atoms with Gasteiger partial charge in [0, 0.05) is 24.4 Å². The Bertz CT molecular complexity index is 584. The predicted octanol–water partition coefficient (Wildman–Crippen LogP) is 2.19. The number of nitrogens with zero attached hydrogens (tertiary/aromatic N) is 2. The number of amides is 1. The highest BCUT2D eigenvalue weighted by atomic mass is 16.1. The van der Waals surface area contributed by atoms with Crippen LogP contribution in [0.2, 0.25) is 0 Å². The normalized spacial score (nSPS) is 10.5. The zero-order valence-electron chi connectivity index (χ0n) is 10.5. The van der Waals surface area contributed by atoms with Gasteiger partial charge in [0.2, 0.25) is 5.91 Å². The molecule has 4 nitrogen and oxygen atoms in total. The van der Waals surface area contributed by atoms with E-state index < -0.39 is 0 Å². The molecule has 0 unspecified atom stereocenters. The van der Waals surface area contributed by atoms with E-state index in [9.17, 15) is 4.79 Å². The lowest BCUT2D eigenvalue weighted by Crippen LogP contribution is -2.20. The summed E-state index contributed by atoms with van der Waals surface area (Å²) < 4.78 is 1.77. The third-order valence-corrected chi connectivity index (χ3v) is 2.47. The van der Waals surface area contributed by atoms with Crippen LogP contribution in [0.4, 0.5) is 0 Å². The molecule has 0 radical (unpaired) electrons. The van der Waals surface area contributed by atoms with E-state index in [1.165, 1.54) is 6.08 Å². The monoisotopic (exact) mass is 253 g/mol. The Kier molecular flexibility index (Phi) is 4.29. The van der Waals surface area contributed by atoms with Gasteiger partial charge in [-0.1, -0.05) is 24.3 Å². The number of carbonyl (C=O) groups excluding carboxylic acids is 1. The molecule has 1 heterocycles. The van der Waals surface area contributed by atoms with E-state index in [1.807, 2.05) is 36.5 Å². The summed E-state index contributed by atoms with van der Waals surface area (Å²) in [5.74, 6) is -0.146. The van der Waals surface area contributed by atoms with Crippen molar-refractivity contribution in [1.29, 1.82) is 0 Å². The van der Waals surface area contributed by atoms with Gasteiger partial charge >= 0.3 is 0 Å². The maximum absolute atomic E-state index is 11.4. The van der Waals surface area contributed by atoms with E-state index in [4.69, 9.17) is 0 Å². The highest BCUT2D eigenvalue weighted by Crippen LogP contribution is 2.08. The number of hydrogen-bond donors (Lipinski definition) is 1. The number of aromatic nitrogens is 2. The molecule has 0 aliphatic heterocycles. The van der Waals surface area contributed by atoms with Crippen molar-refractivity contribution >= 4 is 12.0 Å². The molecule has 1 aromatic carbocycles. The Labute approximate surface area is 112 Å². The minimum Gasteiger partial charge on any atom is -0.349 e. The Morgan fingerprint density at radius 2 is 2.16 bits per heavy atom. The van der Waals surface area contributed by atoms with Crippen molar-refractivity contribution in [3.05, 3.63) is 67.0 Å². The third-order valence-electron chi connectivity index (χ3n) is 2.47. The second kappa shape index (κ2) is 6.35. The number of rotatable bonds is 5. The first-order valence-corrected chi connectivity index (χ1v) is 5.96. The SMILES string of the molecule is C=CCNC(=O)/C=C/c1cnn(-c2ccccc2)c1. The minimum absolute atomic E-state index is 0.146. The fourth-order valence-electron chi connectivity index (χ4n) is 1.55. The van der Waals surface area contributed by atoms with Gasteiger partial charge in [-0.25, -0.2) is 4.68 Å². The van der Waals surface area contributed by atoms with Crippen molar-refractivity contribution in [1.82, 2.24) is 15.1 Å². The average molecular weight is 253 g/mol. The number of carbonyl (C=O) groups is 1. The minimum atomic E-state index is -0.146. The molecule has 0 saturated heterocycles. The summed E-state index contributed by atoms with van der Waals surface area (Å²) in [6.07, 6.45) is 8.43. The van der Waals surface area contributed by atoms with Crippen LogP contribution in [-0.2, 0) is 4.79 Å². The van der Waals surface area contributed by atoms with Crippen LogP contribution in [0.5, 0.6) is 0 Å². The summed E-state index contributed by atoms with van der Waals surface area (Å²) >= 11 is 0. The molecule has 2 aromatic rings. The number of para-hydroxylation sites is 1. The van der Waals surface area contributed by atoms with E-state index in [1.54, 1.807) is 23.0 Å². The number of benzene rings is 1. The molecule has 2 rings (SSSR count). The fraction of sp³-hybridized carbons (Fsp3) is 0.0667. The van der Waals surface area contributed by atoms with E-state index in [0.29, 0.717) is 6.54 Å². The van der Waals surface area contributed by atoms with Gasteiger partial charge in [-0.05, 0) is 18.2 Å². The van der Waals surface area contributed by atoms with Crippen LogP contribution in [-0.4, -0.2) is 22.2 Å². The molecule has 4 heteroatoms. The van der Waals surface area contributed by atoms with Gasteiger partial charge in [-0.3, -0.25) is 4.79 Å². The first-order chi connectivity index (χ1) is 9.29. The van der Waals surface area contributed by atoms with Crippen LogP contribution in [0.25, 0.3) is 11.8 Å². The molecule has 0 aliphatic rings. The molecule has 1 amide bonds. The molecule has 0 fully saturated rings. The largest absolute Gasteiger partial charge is 0.349 e. The summed E-state index contributed by atoms with van der Waals surface area (Å²) in [5, 5.41) is 6.91. The fourth-order valence-corrected chi connectivity index (χ4v) is 1.55. The van der Waals surface area contributed by atoms with Gasteiger partial charge < -0.3 is 5.32 Å². The summed E-state index contributed by atoms with van der Waals surface area (Å²) in [5.41, 5.74) is 1.86. The van der Waals surface area contributed by atoms with Gasteiger partial charge in [-0.2, -0.15) is 5.10 Å². The lowest BCUT2D eigenvalue weighted by Gasteiger charge is -1.98. The van der Waals surface area contributed by atoms with Crippen LogP contribution in [0.1, 0.15) is 5.56 Å². The summed E-state index contributed by atoms with van der Waals surface area (Å²) in [6.45, 7) is 4.00. The van der Waals surface area contributed by atoms with Gasteiger partial charge in [0.1, 0.15) is 0 Å². The molecule has 1 aromatic heterocycles. The molecule has 1 N–H and O–H groups in total. The molecule has 0 aliphatic carbocycles. The quantitative estimate of drug-likeness (QED) is 0.656. The first-order valence-electron chi connectivity index (χ1n) is 5.96. The average Bonchev–Trinajstić information content (AvgIpc) is 2.93. The molecule has 0 spiro atoms. The molecule has 0 bridgehead atoms. The molecule has 0 atom stereocenters. The van der Waals surface area contributed by atoms with Gasteiger partial charge in [-0.15, -0.1) is 6.58 Å². The smallest absolute Gasteiger partial charge is 0.244 e. The van der Waals surface area contributed by atoms with Gasteiger partial charge in [0.05, 0.1) is 11.9 Å². The zero-order chi connectivity index (χ0) is 13.5. The lowest BCUT2D eigenvalue weighted by molar-refractivity contribution is -0.116. The van der Waals surface area contributed by atoms with Crippen molar-refractivity contribution in [2.75, 3.05) is 6.54 Å². The Morgan fingerprint density at radius 1 is 1.37 bits per heavy atom. The van der Waals surface area contributed by atoms with Crippen molar-refractivity contribution in [2.24, 2.45) is 0 Å². The standard InChI is InChI=1S/C15H15N3O/c1-2-10-16-15(19)9-8-13-11-17-18(12-13)14-6-4-3-5-7-14/h2-9,11-12H,1,10H2,(H,16,19)/b9-8+. The van der Waals surface area contributed by atoms with Gasteiger partial charge in [0.25, 0.3) is 0 Å². The van der Waals surface area contributed by atoms with E-state index in [-0.39, 0.29) is 5.91 Å². The third kappa shape index (κ3) is 3.67. The predicted molar refractivity (Wildman–Crippen MR) is 75.8 cm³/mol. The second-order valence-electron chi connectivity index (χ2n) is 3.92. The van der Waals surface area contributed by atoms with Crippen molar-refractivity contribution < 1.29 is 4.79 Å². The maximum atomic E-state index is 11.4. The maximum Gasteiger partial charge on any atom is 0.244 e. The Balaban J connectivity index is 2.04. The summed E-state index contributed by atoms with van der Waals surface area (Å²) in [7, 11) is 0. The number of nitrogens with one attached hydrogen (secondary N) is 1. The van der Waals surface area contributed by atoms with Crippen LogP contribution in [0, 0.1) is 0 Å².